The summed E-state index contributed by atoms with van der Waals surface area (Å²) in [6.07, 6.45) is 0. The van der Waals surface area contributed by atoms with Crippen LogP contribution in [0.5, 0.6) is 5.75 Å². The predicted octanol–water partition coefficient (Wildman–Crippen LogP) is 5.47. The van der Waals surface area contributed by atoms with Crippen molar-refractivity contribution in [2.24, 2.45) is 0 Å². The van der Waals surface area contributed by atoms with Crippen LogP contribution in [0.3, 0.4) is 0 Å². The van der Waals surface area contributed by atoms with E-state index >= 15 is 0 Å². The van der Waals surface area contributed by atoms with E-state index in [9.17, 15) is 13.6 Å². The molecule has 1 N–H and O–H groups in total. The highest BCUT2D eigenvalue weighted by Gasteiger charge is 2.13. The molecule has 0 aliphatic carbocycles. The number of hydrogen-bond acceptors (Lipinski definition) is 3. The monoisotopic (exact) mass is 373 g/mol. The van der Waals surface area contributed by atoms with Crippen LogP contribution >= 0.6 is 11.3 Å². The average Bonchev–Trinajstić information content (AvgIpc) is 3.08. The molecule has 3 nitrogen and oxygen atoms in total. The molecule has 0 saturated heterocycles. The maximum Gasteiger partial charge on any atom is 0.265 e. The molecule has 2 aromatic carbocycles. The zero-order chi connectivity index (χ0) is 18.7. The molecule has 1 aromatic heterocycles. The standard InChI is InChI=1S/C20H17F2NO2S/c1-12-3-5-16(7-13(12)2)25-10-14-8-19(26-11-14)20(24)23-18-9-15(21)4-6-17(18)22/h3-9,11H,10H2,1-2H3,(H,23,24). The fraction of sp³-hybridized carbons (Fsp3) is 0.150. The fourth-order valence-corrected chi connectivity index (χ4v) is 3.11. The number of amides is 1. The van der Waals surface area contributed by atoms with Crippen LogP contribution in [0.25, 0.3) is 0 Å². The lowest BCUT2D eigenvalue weighted by Crippen LogP contribution is -2.11. The number of benzene rings is 2. The van der Waals surface area contributed by atoms with E-state index in [0.717, 1.165) is 35.1 Å². The molecule has 0 atom stereocenters. The minimum Gasteiger partial charge on any atom is -0.489 e. The largest absolute Gasteiger partial charge is 0.489 e. The van der Waals surface area contributed by atoms with Gasteiger partial charge in [-0.2, -0.15) is 0 Å². The molecule has 0 aliphatic heterocycles. The molecule has 0 spiro atoms. The molecular formula is C20H17F2NO2S. The van der Waals surface area contributed by atoms with E-state index in [4.69, 9.17) is 4.74 Å². The van der Waals surface area contributed by atoms with Crippen molar-refractivity contribution in [3.63, 3.8) is 0 Å². The first-order valence-electron chi connectivity index (χ1n) is 7.96. The van der Waals surface area contributed by atoms with E-state index in [2.05, 4.69) is 5.32 Å². The number of anilines is 1. The minimum absolute atomic E-state index is 0.184. The second-order valence-corrected chi connectivity index (χ2v) is 6.84. The van der Waals surface area contributed by atoms with Crippen molar-refractivity contribution in [2.75, 3.05) is 5.32 Å². The number of ether oxygens (including phenoxy) is 1. The number of nitrogens with one attached hydrogen (secondary N) is 1. The lowest BCUT2D eigenvalue weighted by atomic mass is 10.1. The summed E-state index contributed by atoms with van der Waals surface area (Å²) in [6, 6.07) is 10.4. The third-order valence-electron chi connectivity index (χ3n) is 3.94. The van der Waals surface area contributed by atoms with E-state index in [1.807, 2.05) is 32.0 Å². The van der Waals surface area contributed by atoms with Crippen LogP contribution in [-0.2, 0) is 6.61 Å². The fourth-order valence-electron chi connectivity index (χ4n) is 2.32. The number of rotatable bonds is 5. The quantitative estimate of drug-likeness (QED) is 0.644. The van der Waals surface area contributed by atoms with Crippen molar-refractivity contribution in [3.8, 4) is 5.75 Å². The van der Waals surface area contributed by atoms with Gasteiger partial charge in [0.2, 0.25) is 0 Å². The molecule has 0 saturated carbocycles. The normalized spacial score (nSPS) is 10.6. The van der Waals surface area contributed by atoms with Gasteiger partial charge < -0.3 is 10.1 Å². The van der Waals surface area contributed by atoms with Crippen LogP contribution in [0.4, 0.5) is 14.5 Å². The van der Waals surface area contributed by atoms with Crippen LogP contribution in [0, 0.1) is 25.5 Å². The maximum absolute atomic E-state index is 13.6. The van der Waals surface area contributed by atoms with Gasteiger partial charge in [0.25, 0.3) is 5.91 Å². The number of carbonyl (C=O) groups is 1. The van der Waals surface area contributed by atoms with Crippen molar-refractivity contribution < 1.29 is 18.3 Å². The molecule has 0 fully saturated rings. The average molecular weight is 373 g/mol. The topological polar surface area (TPSA) is 38.3 Å². The summed E-state index contributed by atoms with van der Waals surface area (Å²) in [5.41, 5.74) is 2.98. The highest BCUT2D eigenvalue weighted by atomic mass is 32.1. The summed E-state index contributed by atoms with van der Waals surface area (Å²) in [5.74, 6) is -1.03. The summed E-state index contributed by atoms with van der Waals surface area (Å²) in [7, 11) is 0. The second kappa shape index (κ2) is 7.66. The van der Waals surface area contributed by atoms with Crippen LogP contribution in [0.2, 0.25) is 0 Å². The van der Waals surface area contributed by atoms with E-state index < -0.39 is 17.5 Å². The summed E-state index contributed by atoms with van der Waals surface area (Å²) >= 11 is 1.22. The summed E-state index contributed by atoms with van der Waals surface area (Å²) in [5, 5.41) is 4.19. The van der Waals surface area contributed by atoms with Crippen molar-refractivity contribution in [1.82, 2.24) is 0 Å². The first-order chi connectivity index (χ1) is 12.4. The van der Waals surface area contributed by atoms with E-state index in [0.29, 0.717) is 11.5 Å². The van der Waals surface area contributed by atoms with Gasteiger partial charge in [0, 0.05) is 11.6 Å². The molecule has 6 heteroatoms. The van der Waals surface area contributed by atoms with Crippen LogP contribution in [0.1, 0.15) is 26.4 Å². The van der Waals surface area contributed by atoms with Gasteiger partial charge in [0.1, 0.15) is 24.0 Å². The van der Waals surface area contributed by atoms with Crippen molar-refractivity contribution in [3.05, 3.63) is 81.0 Å². The first-order valence-corrected chi connectivity index (χ1v) is 8.84. The molecular weight excluding hydrogens is 356 g/mol. The molecule has 1 heterocycles. The lowest BCUT2D eigenvalue weighted by molar-refractivity contribution is 0.103. The van der Waals surface area contributed by atoms with Crippen LogP contribution < -0.4 is 10.1 Å². The van der Waals surface area contributed by atoms with Crippen LogP contribution in [-0.4, -0.2) is 5.91 Å². The van der Waals surface area contributed by atoms with Gasteiger partial charge >= 0.3 is 0 Å². The van der Waals surface area contributed by atoms with E-state index in [1.54, 1.807) is 11.4 Å². The highest BCUT2D eigenvalue weighted by Crippen LogP contribution is 2.22. The number of aryl methyl sites for hydroxylation is 2. The van der Waals surface area contributed by atoms with Gasteiger partial charge in [-0.15, -0.1) is 11.3 Å². The molecule has 1 amide bonds. The van der Waals surface area contributed by atoms with Crippen molar-refractivity contribution in [1.29, 1.82) is 0 Å². The zero-order valence-corrected chi connectivity index (χ0v) is 15.1. The van der Waals surface area contributed by atoms with Crippen molar-refractivity contribution >= 4 is 22.9 Å². The van der Waals surface area contributed by atoms with E-state index in [-0.39, 0.29) is 5.69 Å². The Labute approximate surface area is 154 Å². The Kier molecular flexibility index (Phi) is 5.32. The van der Waals surface area contributed by atoms with Gasteiger partial charge in [0.15, 0.2) is 0 Å². The van der Waals surface area contributed by atoms with E-state index in [1.165, 1.54) is 16.9 Å². The molecule has 26 heavy (non-hydrogen) atoms. The predicted molar refractivity (Wildman–Crippen MR) is 98.9 cm³/mol. The van der Waals surface area contributed by atoms with Gasteiger partial charge in [-0.1, -0.05) is 6.07 Å². The third kappa shape index (κ3) is 4.26. The maximum atomic E-state index is 13.6. The molecule has 134 valence electrons. The number of carbonyl (C=O) groups excluding carboxylic acids is 1. The smallest absolute Gasteiger partial charge is 0.265 e. The Morgan fingerprint density at radius 3 is 2.65 bits per heavy atom. The summed E-state index contributed by atoms with van der Waals surface area (Å²) in [4.78, 5) is 12.6. The van der Waals surface area contributed by atoms with Crippen molar-refractivity contribution in [2.45, 2.75) is 20.5 Å². The molecule has 3 aromatic rings. The number of hydrogen-bond donors (Lipinski definition) is 1. The number of halogens is 2. The van der Waals surface area contributed by atoms with Gasteiger partial charge in [-0.05, 0) is 60.7 Å². The summed E-state index contributed by atoms with van der Waals surface area (Å²) < 4.78 is 32.5. The lowest BCUT2D eigenvalue weighted by Gasteiger charge is -2.07. The Morgan fingerprint density at radius 2 is 1.88 bits per heavy atom. The van der Waals surface area contributed by atoms with Crippen LogP contribution in [0.15, 0.2) is 47.8 Å². The Balaban J connectivity index is 1.64. The first kappa shape index (κ1) is 18.1. The second-order valence-electron chi connectivity index (χ2n) is 5.93. The molecule has 0 unspecified atom stereocenters. The highest BCUT2D eigenvalue weighted by molar-refractivity contribution is 7.12. The molecule has 0 radical (unpaired) electrons. The minimum atomic E-state index is -0.686. The molecule has 0 bridgehead atoms. The Bertz CT molecular complexity index is 953. The Morgan fingerprint density at radius 1 is 1.08 bits per heavy atom. The number of thiophene rings is 1. The zero-order valence-electron chi connectivity index (χ0n) is 14.3. The summed E-state index contributed by atoms with van der Waals surface area (Å²) in [6.45, 7) is 4.37. The Hall–Kier alpha value is -2.73. The van der Waals surface area contributed by atoms with Gasteiger partial charge in [-0.25, -0.2) is 8.78 Å². The van der Waals surface area contributed by atoms with Gasteiger partial charge in [-0.3, -0.25) is 4.79 Å². The third-order valence-corrected chi connectivity index (χ3v) is 4.92. The van der Waals surface area contributed by atoms with Gasteiger partial charge in [0.05, 0.1) is 10.6 Å². The molecule has 3 rings (SSSR count). The molecule has 0 aliphatic rings. The SMILES string of the molecule is Cc1ccc(OCc2csc(C(=O)Nc3cc(F)ccc3F)c2)cc1C.